The maximum atomic E-state index is 10.2. The van der Waals surface area contributed by atoms with E-state index in [1.165, 1.54) is 14.0 Å². The second-order valence-electron chi connectivity index (χ2n) is 1.54. The zero-order valence-corrected chi connectivity index (χ0v) is 5.74. The van der Waals surface area contributed by atoms with Crippen molar-refractivity contribution in [3.05, 3.63) is 0 Å². The van der Waals surface area contributed by atoms with Crippen LogP contribution in [-0.4, -0.2) is 29.2 Å². The van der Waals surface area contributed by atoms with E-state index >= 15 is 0 Å². The molecule has 3 N–H and O–H groups in total. The van der Waals surface area contributed by atoms with Gasteiger partial charge >= 0.3 is 5.97 Å². The average Bonchev–Trinajstić information content (AvgIpc) is 1.85. The molecule has 0 saturated heterocycles. The molecular weight excluding hydrogens is 138 g/mol. The van der Waals surface area contributed by atoms with Crippen LogP contribution in [0, 0.1) is 0 Å². The Bertz CT molecular complexity index is 156. The number of hydroxylamine groups is 2. The molecule has 0 aromatic heterocycles. The number of nitrogens with zero attached hydrogens (tertiary/aromatic N) is 2. The quantitative estimate of drug-likeness (QED) is 0.200. The summed E-state index contributed by atoms with van der Waals surface area (Å²) >= 11 is 0. The highest BCUT2D eigenvalue weighted by atomic mass is 16.7. The molecule has 0 bridgehead atoms. The summed E-state index contributed by atoms with van der Waals surface area (Å²) in [5.41, 5.74) is 5.01. The van der Waals surface area contributed by atoms with Crippen LogP contribution >= 0.6 is 0 Å². The summed E-state index contributed by atoms with van der Waals surface area (Å²) < 4.78 is 0. The van der Waals surface area contributed by atoms with E-state index in [1.54, 1.807) is 0 Å². The van der Waals surface area contributed by atoms with Crippen LogP contribution in [0.2, 0.25) is 0 Å². The Labute approximate surface area is 57.8 Å². The molecule has 0 atom stereocenters. The molecule has 58 valence electrons. The predicted octanol–water partition coefficient (Wildman–Crippen LogP) is -0.900. The third-order valence-electron chi connectivity index (χ3n) is 0.691. The monoisotopic (exact) mass is 147 g/mol. The first-order valence-corrected chi connectivity index (χ1v) is 2.47. The number of nitrogens with two attached hydrogens (primary N) is 1. The first-order chi connectivity index (χ1) is 4.57. The summed E-state index contributed by atoms with van der Waals surface area (Å²) in [5, 5.41) is 11.5. The van der Waals surface area contributed by atoms with Gasteiger partial charge in [-0.05, 0) is 5.16 Å². The summed E-state index contributed by atoms with van der Waals surface area (Å²) in [4.78, 5) is 14.6. The van der Waals surface area contributed by atoms with Gasteiger partial charge in [-0.1, -0.05) is 0 Å². The SMILES string of the molecule is CC(=O)ON(C)C(N)=NO. The molecule has 0 aromatic carbocycles. The molecule has 0 saturated carbocycles. The summed E-state index contributed by atoms with van der Waals surface area (Å²) in [6.45, 7) is 1.21. The third-order valence-corrected chi connectivity index (χ3v) is 0.691. The van der Waals surface area contributed by atoms with E-state index in [0.717, 1.165) is 5.06 Å². The Hall–Kier alpha value is -1.46. The van der Waals surface area contributed by atoms with Crippen LogP contribution in [0.4, 0.5) is 0 Å². The molecule has 0 radical (unpaired) electrons. The number of hydrogen-bond acceptors (Lipinski definition) is 4. The Kier molecular flexibility index (Phi) is 3.03. The van der Waals surface area contributed by atoms with Crippen molar-refractivity contribution in [3.8, 4) is 0 Å². The Balaban J connectivity index is 3.85. The van der Waals surface area contributed by atoms with Crippen molar-refractivity contribution in [3.63, 3.8) is 0 Å². The van der Waals surface area contributed by atoms with E-state index in [4.69, 9.17) is 10.9 Å². The molecule has 0 aliphatic carbocycles. The van der Waals surface area contributed by atoms with Gasteiger partial charge in [0.15, 0.2) is 0 Å². The lowest BCUT2D eigenvalue weighted by atomic mass is 10.8. The van der Waals surface area contributed by atoms with Crippen LogP contribution in [0.15, 0.2) is 5.16 Å². The van der Waals surface area contributed by atoms with Crippen molar-refractivity contribution in [1.82, 2.24) is 5.06 Å². The van der Waals surface area contributed by atoms with Gasteiger partial charge < -0.3 is 15.8 Å². The van der Waals surface area contributed by atoms with Crippen LogP contribution < -0.4 is 5.73 Å². The maximum Gasteiger partial charge on any atom is 0.329 e. The van der Waals surface area contributed by atoms with Crippen molar-refractivity contribution >= 4 is 11.9 Å². The van der Waals surface area contributed by atoms with Crippen molar-refractivity contribution in [2.45, 2.75) is 6.92 Å². The lowest BCUT2D eigenvalue weighted by Gasteiger charge is -2.13. The summed E-state index contributed by atoms with van der Waals surface area (Å²) in [5.74, 6) is -0.815. The van der Waals surface area contributed by atoms with E-state index in [-0.39, 0.29) is 5.96 Å². The molecule has 0 heterocycles. The topological polar surface area (TPSA) is 88.2 Å². The van der Waals surface area contributed by atoms with Crippen LogP contribution in [0.1, 0.15) is 6.92 Å². The Morgan fingerprint density at radius 3 is 2.60 bits per heavy atom. The lowest BCUT2D eigenvalue weighted by molar-refractivity contribution is -0.166. The Morgan fingerprint density at radius 1 is 1.80 bits per heavy atom. The summed E-state index contributed by atoms with van der Waals surface area (Å²) in [7, 11) is 1.34. The minimum Gasteiger partial charge on any atom is -0.408 e. The van der Waals surface area contributed by atoms with E-state index < -0.39 is 5.97 Å². The second-order valence-corrected chi connectivity index (χ2v) is 1.54. The molecule has 10 heavy (non-hydrogen) atoms. The van der Waals surface area contributed by atoms with Gasteiger partial charge in [0.25, 0.3) is 5.96 Å². The molecule has 0 unspecified atom stereocenters. The normalized spacial score (nSPS) is 10.8. The molecule has 6 nitrogen and oxygen atoms in total. The Morgan fingerprint density at radius 2 is 2.30 bits per heavy atom. The molecule has 0 amide bonds. The molecule has 0 rings (SSSR count). The van der Waals surface area contributed by atoms with Gasteiger partial charge in [0.1, 0.15) is 0 Å². The second kappa shape index (κ2) is 3.54. The van der Waals surface area contributed by atoms with Crippen molar-refractivity contribution in [2.75, 3.05) is 7.05 Å². The number of oxime groups is 1. The van der Waals surface area contributed by atoms with Crippen LogP contribution in [0.5, 0.6) is 0 Å². The fourth-order valence-corrected chi connectivity index (χ4v) is 0.303. The van der Waals surface area contributed by atoms with Crippen molar-refractivity contribution in [1.29, 1.82) is 0 Å². The summed E-state index contributed by atoms with van der Waals surface area (Å²) in [6.07, 6.45) is 0. The van der Waals surface area contributed by atoms with Gasteiger partial charge in [0.2, 0.25) is 0 Å². The zero-order chi connectivity index (χ0) is 8.15. The molecule has 0 spiro atoms. The minimum absolute atomic E-state index is 0.282. The van der Waals surface area contributed by atoms with Gasteiger partial charge in [-0.25, -0.2) is 0 Å². The third kappa shape index (κ3) is 2.75. The van der Waals surface area contributed by atoms with E-state index in [2.05, 4.69) is 9.99 Å². The number of guanidine groups is 1. The first-order valence-electron chi connectivity index (χ1n) is 2.47. The average molecular weight is 147 g/mol. The highest BCUT2D eigenvalue weighted by molar-refractivity contribution is 5.78. The fourth-order valence-electron chi connectivity index (χ4n) is 0.303. The van der Waals surface area contributed by atoms with Gasteiger partial charge in [0, 0.05) is 14.0 Å². The van der Waals surface area contributed by atoms with Crippen molar-refractivity contribution in [2.24, 2.45) is 10.9 Å². The van der Waals surface area contributed by atoms with E-state index in [0.29, 0.717) is 0 Å². The van der Waals surface area contributed by atoms with Gasteiger partial charge in [-0.15, -0.1) is 0 Å². The van der Waals surface area contributed by atoms with E-state index in [1.807, 2.05) is 0 Å². The number of hydrogen-bond donors (Lipinski definition) is 2. The zero-order valence-electron chi connectivity index (χ0n) is 5.74. The van der Waals surface area contributed by atoms with Gasteiger partial charge in [0.05, 0.1) is 0 Å². The van der Waals surface area contributed by atoms with Crippen molar-refractivity contribution < 1.29 is 14.8 Å². The molecule has 6 heteroatoms. The molecule has 0 aliphatic heterocycles. The number of carbonyl (C=O) groups excluding carboxylic acids is 1. The highest BCUT2D eigenvalue weighted by Crippen LogP contribution is 1.83. The van der Waals surface area contributed by atoms with Crippen LogP contribution in [0.25, 0.3) is 0 Å². The predicted molar refractivity (Wildman–Crippen MR) is 32.9 cm³/mol. The van der Waals surface area contributed by atoms with Crippen LogP contribution in [0.3, 0.4) is 0 Å². The van der Waals surface area contributed by atoms with E-state index in [9.17, 15) is 4.79 Å². The van der Waals surface area contributed by atoms with Crippen LogP contribution in [-0.2, 0) is 9.63 Å². The smallest absolute Gasteiger partial charge is 0.329 e. The largest absolute Gasteiger partial charge is 0.408 e. The lowest BCUT2D eigenvalue weighted by Crippen LogP contribution is -2.35. The summed E-state index contributed by atoms with van der Waals surface area (Å²) in [6, 6.07) is 0. The van der Waals surface area contributed by atoms with Gasteiger partial charge in [-0.2, -0.15) is 5.06 Å². The molecular formula is C4H9N3O3. The standard InChI is InChI=1S/C4H9N3O3/c1-3(8)10-7(2)4(5)6-9/h9H,1-2H3,(H2,5,6). The fraction of sp³-hybridized carbons (Fsp3) is 0.500. The molecule has 0 aromatic rings. The number of carbonyl (C=O) groups is 1. The maximum absolute atomic E-state index is 10.2. The molecule has 0 aliphatic rings. The van der Waals surface area contributed by atoms with Gasteiger partial charge in [-0.3, -0.25) is 4.79 Å². The highest BCUT2D eigenvalue weighted by Gasteiger charge is 2.03. The number of rotatable bonds is 0. The molecule has 0 fully saturated rings. The first kappa shape index (κ1) is 8.54. The minimum atomic E-state index is -0.533.